The first-order valence-electron chi connectivity index (χ1n) is 7.57. The monoisotopic (exact) mass is 361 g/mol. The van der Waals surface area contributed by atoms with Crippen molar-refractivity contribution < 1.29 is 4.79 Å². The lowest BCUT2D eigenvalue weighted by atomic mass is 9.88. The molecular weight excluding hydrogens is 342 g/mol. The zero-order valence-corrected chi connectivity index (χ0v) is 14.2. The van der Waals surface area contributed by atoms with Crippen molar-refractivity contribution in [2.75, 3.05) is 0 Å². The van der Waals surface area contributed by atoms with Crippen LogP contribution in [0.4, 0.5) is 0 Å². The van der Waals surface area contributed by atoms with Gasteiger partial charge in [0, 0.05) is 28.7 Å². The number of rotatable bonds is 7. The van der Waals surface area contributed by atoms with Crippen LogP contribution < -0.4 is 5.56 Å². The zero-order valence-electron chi connectivity index (χ0n) is 12.6. The topological polar surface area (TPSA) is 49.9 Å². The van der Waals surface area contributed by atoms with Crippen molar-refractivity contribution in [3.63, 3.8) is 0 Å². The van der Waals surface area contributed by atoms with Crippen LogP contribution in [0.2, 0.25) is 0 Å². The second-order valence-corrected chi connectivity index (χ2v) is 6.38. The second-order valence-electron chi connectivity index (χ2n) is 5.46. The molecule has 116 valence electrons. The summed E-state index contributed by atoms with van der Waals surface area (Å²) < 4.78 is 1.04. The number of nitrogens with one attached hydrogen (secondary N) is 1. The van der Waals surface area contributed by atoms with E-state index in [1.807, 2.05) is 12.1 Å². The molecule has 0 amide bonds. The highest BCUT2D eigenvalue weighted by Crippen LogP contribution is 2.28. The van der Waals surface area contributed by atoms with Crippen LogP contribution in [-0.2, 0) is 0 Å². The van der Waals surface area contributed by atoms with Crippen LogP contribution in [0.25, 0.3) is 0 Å². The van der Waals surface area contributed by atoms with Gasteiger partial charge in [0.25, 0.3) is 0 Å². The van der Waals surface area contributed by atoms with Gasteiger partial charge in [-0.3, -0.25) is 9.59 Å². The van der Waals surface area contributed by atoms with Gasteiger partial charge in [-0.1, -0.05) is 47.8 Å². The Labute approximate surface area is 138 Å². The van der Waals surface area contributed by atoms with E-state index in [2.05, 4.69) is 40.0 Å². The molecule has 0 saturated heterocycles. The number of pyridine rings is 1. The van der Waals surface area contributed by atoms with Gasteiger partial charge < -0.3 is 4.98 Å². The highest BCUT2D eigenvalue weighted by Gasteiger charge is 2.17. The molecule has 0 spiro atoms. The number of Topliss-reactive ketones (excluding diaryl/α,β-unsaturated/α-hetero) is 1. The molecule has 1 atom stereocenters. The first-order chi connectivity index (χ1) is 10.6. The van der Waals surface area contributed by atoms with Gasteiger partial charge in [0.2, 0.25) is 5.56 Å². The Bertz CT molecular complexity index is 656. The minimum absolute atomic E-state index is 0.0697. The van der Waals surface area contributed by atoms with Crippen LogP contribution in [-0.4, -0.2) is 10.8 Å². The molecule has 0 bridgehead atoms. The molecule has 0 fully saturated rings. The van der Waals surface area contributed by atoms with Crippen molar-refractivity contribution in [1.82, 2.24) is 4.98 Å². The third-order valence-corrected chi connectivity index (χ3v) is 4.31. The second kappa shape index (κ2) is 8.08. The molecule has 22 heavy (non-hydrogen) atoms. The summed E-state index contributed by atoms with van der Waals surface area (Å²) in [6.07, 6.45) is 5.17. The molecule has 2 rings (SSSR count). The summed E-state index contributed by atoms with van der Waals surface area (Å²) in [6, 6.07) is 11.2. The number of hydrogen-bond acceptors (Lipinski definition) is 2. The predicted molar refractivity (Wildman–Crippen MR) is 92.4 cm³/mol. The van der Waals surface area contributed by atoms with Gasteiger partial charge in [-0.15, -0.1) is 0 Å². The molecule has 0 aliphatic rings. The molecular formula is C18H20BrNO2. The lowest BCUT2D eigenvalue weighted by molar-refractivity contribution is 0.0971. The number of H-pyrrole nitrogens is 1. The lowest BCUT2D eigenvalue weighted by Gasteiger charge is -2.16. The minimum Gasteiger partial charge on any atom is -0.328 e. The number of aromatic amines is 1. The third-order valence-electron chi connectivity index (χ3n) is 3.79. The van der Waals surface area contributed by atoms with E-state index in [4.69, 9.17) is 0 Å². The Kier molecular flexibility index (Phi) is 6.13. The molecule has 2 aromatic rings. The van der Waals surface area contributed by atoms with Gasteiger partial charge in [-0.25, -0.2) is 0 Å². The van der Waals surface area contributed by atoms with Gasteiger partial charge in [-0.2, -0.15) is 0 Å². The van der Waals surface area contributed by atoms with Crippen molar-refractivity contribution in [2.45, 2.75) is 38.5 Å². The van der Waals surface area contributed by atoms with Gasteiger partial charge in [0.1, 0.15) is 0 Å². The molecule has 1 aromatic carbocycles. The van der Waals surface area contributed by atoms with E-state index < -0.39 is 0 Å². The number of unbranched alkanes of at least 4 members (excludes halogenated alkanes) is 1. The van der Waals surface area contributed by atoms with Crippen molar-refractivity contribution in [3.05, 3.63) is 68.5 Å². The molecule has 0 aliphatic carbocycles. The summed E-state index contributed by atoms with van der Waals surface area (Å²) >= 11 is 3.44. The Balaban J connectivity index is 2.15. The van der Waals surface area contributed by atoms with E-state index in [9.17, 15) is 9.59 Å². The highest BCUT2D eigenvalue weighted by molar-refractivity contribution is 9.10. The van der Waals surface area contributed by atoms with E-state index in [0.717, 1.165) is 23.7 Å². The van der Waals surface area contributed by atoms with E-state index in [1.165, 1.54) is 17.8 Å². The summed E-state index contributed by atoms with van der Waals surface area (Å²) in [5.41, 5.74) is 1.57. The van der Waals surface area contributed by atoms with E-state index in [-0.39, 0.29) is 17.3 Å². The van der Waals surface area contributed by atoms with E-state index >= 15 is 0 Å². The normalized spacial score (nSPS) is 12.1. The maximum absolute atomic E-state index is 12.4. The number of ketones is 1. The molecule has 3 nitrogen and oxygen atoms in total. The number of benzene rings is 1. The van der Waals surface area contributed by atoms with Gasteiger partial charge in [-0.05, 0) is 36.1 Å². The predicted octanol–water partition coefficient (Wildman–Crippen LogP) is 4.68. The number of halogens is 1. The fraction of sp³-hybridized carbons (Fsp3) is 0.333. The van der Waals surface area contributed by atoms with E-state index in [1.54, 1.807) is 6.07 Å². The van der Waals surface area contributed by atoms with Crippen LogP contribution in [0.3, 0.4) is 0 Å². The molecule has 1 heterocycles. The summed E-state index contributed by atoms with van der Waals surface area (Å²) in [5.74, 6) is 0.285. The summed E-state index contributed by atoms with van der Waals surface area (Å²) in [5, 5.41) is 0. The summed E-state index contributed by atoms with van der Waals surface area (Å²) in [7, 11) is 0. The Hall–Kier alpha value is -1.68. The number of hydrogen-bond donors (Lipinski definition) is 1. The van der Waals surface area contributed by atoms with Gasteiger partial charge in [0.15, 0.2) is 5.78 Å². The largest absolute Gasteiger partial charge is 0.328 e. The minimum atomic E-state index is -0.188. The summed E-state index contributed by atoms with van der Waals surface area (Å²) in [6.45, 7) is 2.16. The first kappa shape index (κ1) is 16.7. The maximum atomic E-state index is 12.4. The number of carbonyl (C=O) groups excluding carboxylic acids is 1. The molecule has 4 heteroatoms. The Morgan fingerprint density at radius 2 is 1.91 bits per heavy atom. The van der Waals surface area contributed by atoms with Crippen molar-refractivity contribution in [1.29, 1.82) is 0 Å². The van der Waals surface area contributed by atoms with Crippen molar-refractivity contribution >= 4 is 21.7 Å². The molecule has 0 radical (unpaired) electrons. The smallest absolute Gasteiger partial charge is 0.247 e. The van der Waals surface area contributed by atoms with Crippen LogP contribution in [0.15, 0.2) is 51.9 Å². The quantitative estimate of drug-likeness (QED) is 0.727. The summed E-state index contributed by atoms with van der Waals surface area (Å²) in [4.78, 5) is 26.1. The average molecular weight is 362 g/mol. The van der Waals surface area contributed by atoms with Crippen LogP contribution in [0.5, 0.6) is 0 Å². The average Bonchev–Trinajstić information content (AvgIpc) is 2.52. The molecule has 1 unspecified atom stereocenters. The highest BCUT2D eigenvalue weighted by atomic mass is 79.9. The first-order valence-corrected chi connectivity index (χ1v) is 8.37. The molecule has 1 N–H and O–H groups in total. The Morgan fingerprint density at radius 3 is 2.50 bits per heavy atom. The maximum Gasteiger partial charge on any atom is 0.247 e. The molecule has 0 aliphatic heterocycles. The number of carbonyl (C=O) groups is 1. The lowest BCUT2D eigenvalue weighted by Crippen LogP contribution is -2.11. The van der Waals surface area contributed by atoms with E-state index in [0.29, 0.717) is 12.0 Å². The molecule has 0 saturated carbocycles. The van der Waals surface area contributed by atoms with Crippen LogP contribution >= 0.6 is 15.9 Å². The fourth-order valence-corrected chi connectivity index (χ4v) is 2.76. The van der Waals surface area contributed by atoms with Gasteiger partial charge >= 0.3 is 0 Å². The van der Waals surface area contributed by atoms with Crippen molar-refractivity contribution in [2.24, 2.45) is 0 Å². The Morgan fingerprint density at radius 1 is 1.18 bits per heavy atom. The zero-order chi connectivity index (χ0) is 15.9. The number of aromatic nitrogens is 1. The third kappa shape index (κ3) is 4.67. The molecule has 1 aromatic heterocycles. The fourth-order valence-electron chi connectivity index (χ4n) is 2.50. The SMILES string of the molecule is CCCCC(CC(=O)c1ccc(=O)[nH]c1)c1ccc(Br)cc1. The standard InChI is InChI=1S/C18H20BrNO2/c1-2-3-4-14(13-5-8-16(19)9-6-13)11-17(21)15-7-10-18(22)20-12-15/h5-10,12,14H,2-4,11H2,1H3,(H,20,22). The van der Waals surface area contributed by atoms with Gasteiger partial charge in [0.05, 0.1) is 0 Å². The van der Waals surface area contributed by atoms with Crippen LogP contribution in [0.1, 0.15) is 54.4 Å². The van der Waals surface area contributed by atoms with Crippen molar-refractivity contribution in [3.8, 4) is 0 Å². The van der Waals surface area contributed by atoms with Crippen LogP contribution in [0, 0.1) is 0 Å².